The van der Waals surface area contributed by atoms with Crippen LogP contribution in [0.4, 0.5) is 23.2 Å². The molecule has 2 aromatic rings. The lowest BCUT2D eigenvalue weighted by molar-refractivity contribution is -0.137. The lowest BCUT2D eigenvalue weighted by Gasteiger charge is -2.14. The molecule has 0 unspecified atom stereocenters. The Kier molecular flexibility index (Phi) is 5.08. The number of benzene rings is 2. The Morgan fingerprint density at radius 1 is 1.09 bits per heavy atom. The van der Waals surface area contributed by atoms with Gasteiger partial charge in [-0.2, -0.15) is 13.2 Å². The van der Waals surface area contributed by atoms with E-state index in [1.54, 1.807) is 18.2 Å². The van der Waals surface area contributed by atoms with Crippen LogP contribution in [0.2, 0.25) is 0 Å². The number of anilines is 1. The first kappa shape index (κ1) is 16.8. The molecule has 0 fully saturated rings. The van der Waals surface area contributed by atoms with Crippen molar-refractivity contribution in [1.82, 2.24) is 0 Å². The van der Waals surface area contributed by atoms with Gasteiger partial charge in [-0.15, -0.1) is 0 Å². The summed E-state index contributed by atoms with van der Waals surface area (Å²) in [5.41, 5.74) is 0.0678. The number of aliphatic hydroxyl groups excluding tert-OH is 1. The topological polar surface area (TPSA) is 32.3 Å². The van der Waals surface area contributed by atoms with Gasteiger partial charge in [-0.1, -0.05) is 12.1 Å². The lowest BCUT2D eigenvalue weighted by atomic mass is 10.1. The summed E-state index contributed by atoms with van der Waals surface area (Å²) in [6, 6.07) is 7.37. The zero-order valence-corrected chi connectivity index (χ0v) is 12.8. The van der Waals surface area contributed by atoms with Gasteiger partial charge in [0.15, 0.2) is 0 Å². The minimum absolute atomic E-state index is 0.102. The second kappa shape index (κ2) is 6.66. The van der Waals surface area contributed by atoms with Crippen molar-refractivity contribution in [3.8, 4) is 0 Å². The Labute approximate surface area is 132 Å². The first-order chi connectivity index (χ1) is 10.3. The average Bonchev–Trinajstić information content (AvgIpc) is 2.46. The zero-order valence-electron chi connectivity index (χ0n) is 11.2. The highest BCUT2D eigenvalue weighted by atomic mass is 79.9. The highest BCUT2D eigenvalue weighted by molar-refractivity contribution is 9.10. The van der Waals surface area contributed by atoms with E-state index in [-0.39, 0.29) is 18.7 Å². The number of para-hydroxylation sites is 1. The van der Waals surface area contributed by atoms with Crippen LogP contribution in [0.1, 0.15) is 16.7 Å². The van der Waals surface area contributed by atoms with Gasteiger partial charge < -0.3 is 10.4 Å². The van der Waals surface area contributed by atoms with Gasteiger partial charge in [0.2, 0.25) is 0 Å². The molecule has 0 saturated heterocycles. The Morgan fingerprint density at radius 2 is 1.82 bits per heavy atom. The van der Waals surface area contributed by atoms with Gasteiger partial charge in [0.1, 0.15) is 5.82 Å². The molecular formula is C15H12BrF4NO. The third kappa shape index (κ3) is 3.78. The van der Waals surface area contributed by atoms with Crippen LogP contribution in [0.3, 0.4) is 0 Å². The monoisotopic (exact) mass is 377 g/mol. The van der Waals surface area contributed by atoms with E-state index < -0.39 is 17.6 Å². The van der Waals surface area contributed by atoms with E-state index in [0.29, 0.717) is 21.8 Å². The van der Waals surface area contributed by atoms with E-state index in [4.69, 9.17) is 0 Å². The molecule has 0 heterocycles. The van der Waals surface area contributed by atoms with Crippen LogP contribution in [0, 0.1) is 5.82 Å². The van der Waals surface area contributed by atoms with Crippen LogP contribution < -0.4 is 5.32 Å². The summed E-state index contributed by atoms with van der Waals surface area (Å²) in [5.74, 6) is -0.724. The fourth-order valence-corrected chi connectivity index (χ4v) is 2.52. The number of rotatable bonds is 4. The molecule has 0 aliphatic carbocycles. The van der Waals surface area contributed by atoms with Crippen LogP contribution >= 0.6 is 15.9 Å². The van der Waals surface area contributed by atoms with E-state index in [0.717, 1.165) is 12.1 Å². The van der Waals surface area contributed by atoms with Crippen molar-refractivity contribution in [1.29, 1.82) is 0 Å². The SMILES string of the molecule is OCc1cccc(Br)c1NCc1cc(C(F)(F)F)ccc1F. The number of nitrogens with one attached hydrogen (secondary N) is 1. The highest BCUT2D eigenvalue weighted by Gasteiger charge is 2.31. The molecule has 0 aromatic heterocycles. The van der Waals surface area contributed by atoms with Gasteiger partial charge in [0.25, 0.3) is 0 Å². The molecule has 22 heavy (non-hydrogen) atoms. The molecular weight excluding hydrogens is 366 g/mol. The first-order valence-corrected chi connectivity index (χ1v) is 7.10. The van der Waals surface area contributed by atoms with Crippen molar-refractivity contribution in [3.05, 3.63) is 63.4 Å². The Balaban J connectivity index is 2.26. The second-order valence-corrected chi connectivity index (χ2v) is 5.44. The largest absolute Gasteiger partial charge is 0.416 e. The number of aliphatic hydroxyl groups is 1. The van der Waals surface area contributed by atoms with Gasteiger partial charge >= 0.3 is 6.18 Å². The van der Waals surface area contributed by atoms with Crippen molar-refractivity contribution in [2.75, 3.05) is 5.32 Å². The summed E-state index contributed by atoms with van der Waals surface area (Å²) in [6.45, 7) is -0.377. The van der Waals surface area contributed by atoms with E-state index in [1.807, 2.05) is 0 Å². The fourth-order valence-electron chi connectivity index (χ4n) is 1.97. The molecule has 0 bridgehead atoms. The summed E-state index contributed by atoms with van der Waals surface area (Å²) in [6.07, 6.45) is -4.52. The van der Waals surface area contributed by atoms with Crippen molar-refractivity contribution in [2.45, 2.75) is 19.3 Å². The van der Waals surface area contributed by atoms with Gasteiger partial charge in [-0.3, -0.25) is 0 Å². The van der Waals surface area contributed by atoms with Crippen molar-refractivity contribution in [3.63, 3.8) is 0 Å². The average molecular weight is 378 g/mol. The maximum Gasteiger partial charge on any atom is 0.416 e. The number of alkyl halides is 3. The van der Waals surface area contributed by atoms with Gasteiger partial charge in [0.05, 0.1) is 17.9 Å². The maximum atomic E-state index is 13.7. The number of hydrogen-bond acceptors (Lipinski definition) is 2. The van der Waals surface area contributed by atoms with Crippen LogP contribution in [0.25, 0.3) is 0 Å². The zero-order chi connectivity index (χ0) is 16.3. The molecule has 0 aliphatic heterocycles. The molecule has 0 atom stereocenters. The Bertz CT molecular complexity index is 673. The van der Waals surface area contributed by atoms with Gasteiger partial charge in [-0.25, -0.2) is 4.39 Å². The van der Waals surface area contributed by atoms with Crippen molar-refractivity contribution in [2.24, 2.45) is 0 Å². The van der Waals surface area contributed by atoms with Crippen LogP contribution in [-0.4, -0.2) is 5.11 Å². The summed E-state index contributed by atoms with van der Waals surface area (Å²) < 4.78 is 52.3. The molecule has 7 heteroatoms. The summed E-state index contributed by atoms with van der Waals surface area (Å²) >= 11 is 3.28. The Hall–Kier alpha value is -1.60. The normalized spacial score (nSPS) is 11.5. The second-order valence-electron chi connectivity index (χ2n) is 4.59. The number of hydrogen-bond donors (Lipinski definition) is 2. The van der Waals surface area contributed by atoms with E-state index >= 15 is 0 Å². The van der Waals surface area contributed by atoms with E-state index in [2.05, 4.69) is 21.2 Å². The molecule has 2 rings (SSSR count). The minimum Gasteiger partial charge on any atom is -0.392 e. The predicted octanol–water partition coefficient (Wildman–Crippen LogP) is 4.71. The molecule has 0 spiro atoms. The molecule has 118 valence electrons. The summed E-state index contributed by atoms with van der Waals surface area (Å²) in [7, 11) is 0. The lowest BCUT2D eigenvalue weighted by Crippen LogP contribution is -2.09. The van der Waals surface area contributed by atoms with E-state index in [9.17, 15) is 22.7 Å². The molecule has 0 saturated carbocycles. The Morgan fingerprint density at radius 3 is 2.45 bits per heavy atom. The molecule has 2 aromatic carbocycles. The standard InChI is InChI=1S/C15H12BrF4NO/c16-12-3-1-2-9(8-22)14(12)21-7-10-6-11(15(18,19)20)4-5-13(10)17/h1-6,21-22H,7-8H2. The molecule has 0 aliphatic rings. The van der Waals surface area contributed by atoms with Gasteiger partial charge in [0, 0.05) is 22.1 Å². The molecule has 0 amide bonds. The third-order valence-electron chi connectivity index (χ3n) is 3.10. The maximum absolute atomic E-state index is 13.7. The van der Waals surface area contributed by atoms with Crippen LogP contribution in [0.15, 0.2) is 40.9 Å². The quantitative estimate of drug-likeness (QED) is 0.756. The third-order valence-corrected chi connectivity index (χ3v) is 3.76. The molecule has 0 radical (unpaired) electrons. The van der Waals surface area contributed by atoms with Gasteiger partial charge in [-0.05, 0) is 40.2 Å². The first-order valence-electron chi connectivity index (χ1n) is 6.30. The summed E-state index contributed by atoms with van der Waals surface area (Å²) in [5, 5.41) is 12.1. The van der Waals surface area contributed by atoms with Crippen molar-refractivity contribution >= 4 is 21.6 Å². The van der Waals surface area contributed by atoms with Crippen LogP contribution in [0.5, 0.6) is 0 Å². The van der Waals surface area contributed by atoms with Crippen LogP contribution in [-0.2, 0) is 19.3 Å². The highest BCUT2D eigenvalue weighted by Crippen LogP contribution is 2.31. The smallest absolute Gasteiger partial charge is 0.392 e. The summed E-state index contributed by atoms with van der Waals surface area (Å²) in [4.78, 5) is 0. The molecule has 2 nitrogen and oxygen atoms in total. The molecule has 2 N–H and O–H groups in total. The predicted molar refractivity (Wildman–Crippen MR) is 78.8 cm³/mol. The van der Waals surface area contributed by atoms with E-state index in [1.165, 1.54) is 0 Å². The fraction of sp³-hybridized carbons (Fsp3) is 0.200. The van der Waals surface area contributed by atoms with Crippen molar-refractivity contribution < 1.29 is 22.7 Å². The number of halogens is 5. The minimum atomic E-state index is -4.52.